The highest BCUT2D eigenvalue weighted by Gasteiger charge is 2.33. The van der Waals surface area contributed by atoms with Crippen molar-refractivity contribution in [3.8, 4) is 11.8 Å². The van der Waals surface area contributed by atoms with Gasteiger partial charge >= 0.3 is 0 Å². The average Bonchev–Trinajstić information content (AvgIpc) is 2.45. The van der Waals surface area contributed by atoms with Crippen LogP contribution in [-0.4, -0.2) is 6.61 Å². The summed E-state index contributed by atoms with van der Waals surface area (Å²) in [6, 6.07) is 10.7. The Kier molecular flexibility index (Phi) is 4.38. The molecule has 0 heterocycles. The van der Waals surface area contributed by atoms with Gasteiger partial charge in [0.2, 0.25) is 0 Å². The van der Waals surface area contributed by atoms with E-state index in [1.165, 1.54) is 12.0 Å². The van der Waals surface area contributed by atoms with Crippen molar-refractivity contribution in [3.05, 3.63) is 29.8 Å². The van der Waals surface area contributed by atoms with Crippen LogP contribution in [-0.2, 0) is 5.41 Å². The molecule has 2 heteroatoms. The minimum Gasteiger partial charge on any atom is -0.492 e. The van der Waals surface area contributed by atoms with Crippen molar-refractivity contribution < 1.29 is 4.74 Å². The van der Waals surface area contributed by atoms with Gasteiger partial charge < -0.3 is 4.74 Å². The van der Waals surface area contributed by atoms with Crippen molar-refractivity contribution in [2.75, 3.05) is 6.61 Å². The van der Waals surface area contributed by atoms with E-state index in [-0.39, 0.29) is 10.8 Å². The second-order valence-corrected chi connectivity index (χ2v) is 6.99. The fourth-order valence-corrected chi connectivity index (χ4v) is 2.94. The molecular formula is C18H25NO. The summed E-state index contributed by atoms with van der Waals surface area (Å²) in [5, 5.41) is 9.52. The minimum absolute atomic E-state index is 0.0585. The topological polar surface area (TPSA) is 33.0 Å². The molecule has 0 radical (unpaired) electrons. The predicted octanol–water partition coefficient (Wildman–Crippen LogP) is 4.84. The third-order valence-corrected chi connectivity index (χ3v) is 4.25. The van der Waals surface area contributed by atoms with Gasteiger partial charge in [-0.05, 0) is 29.9 Å². The summed E-state index contributed by atoms with van der Waals surface area (Å²) < 4.78 is 6.07. The van der Waals surface area contributed by atoms with E-state index in [0.29, 0.717) is 6.61 Å². The molecule has 20 heavy (non-hydrogen) atoms. The van der Waals surface area contributed by atoms with Gasteiger partial charge in [-0.25, -0.2) is 0 Å². The third-order valence-electron chi connectivity index (χ3n) is 4.25. The van der Waals surface area contributed by atoms with Crippen LogP contribution in [0.2, 0.25) is 0 Å². The Balaban J connectivity index is 2.13. The Morgan fingerprint density at radius 1 is 1.15 bits per heavy atom. The molecule has 2 rings (SSSR count). The summed E-state index contributed by atoms with van der Waals surface area (Å²) in [5.74, 6) is 0.931. The van der Waals surface area contributed by atoms with Crippen LogP contribution in [0.1, 0.15) is 58.4 Å². The van der Waals surface area contributed by atoms with Crippen molar-refractivity contribution in [1.29, 1.82) is 5.26 Å². The first-order chi connectivity index (χ1) is 9.47. The Hall–Kier alpha value is -1.49. The van der Waals surface area contributed by atoms with Gasteiger partial charge in [-0.1, -0.05) is 58.2 Å². The van der Waals surface area contributed by atoms with E-state index in [1.54, 1.807) is 0 Å². The standard InChI is InChI=1S/C18H25NO/c1-17(2,3)15-9-5-6-10-16(15)20-14-18(13-19)11-7-4-8-12-18/h5-6,9-10H,4,7-8,11-12,14H2,1-3H3. The highest BCUT2D eigenvalue weighted by Crippen LogP contribution is 2.37. The van der Waals surface area contributed by atoms with Gasteiger partial charge in [-0.15, -0.1) is 0 Å². The summed E-state index contributed by atoms with van der Waals surface area (Å²) in [4.78, 5) is 0. The van der Waals surface area contributed by atoms with Gasteiger partial charge in [0, 0.05) is 0 Å². The third kappa shape index (κ3) is 3.33. The molecule has 1 aromatic carbocycles. The summed E-state index contributed by atoms with van der Waals surface area (Å²) in [6.45, 7) is 7.10. The maximum absolute atomic E-state index is 9.52. The lowest BCUT2D eigenvalue weighted by atomic mass is 9.76. The Bertz CT molecular complexity index is 487. The molecule has 1 saturated carbocycles. The zero-order chi connectivity index (χ0) is 14.6. The van der Waals surface area contributed by atoms with Crippen LogP contribution < -0.4 is 4.74 Å². The number of rotatable bonds is 3. The number of nitrogens with zero attached hydrogens (tertiary/aromatic N) is 1. The van der Waals surface area contributed by atoms with Crippen LogP contribution in [0, 0.1) is 16.7 Å². The van der Waals surface area contributed by atoms with E-state index >= 15 is 0 Å². The fourth-order valence-electron chi connectivity index (χ4n) is 2.94. The first-order valence-electron chi connectivity index (χ1n) is 7.60. The molecule has 0 saturated heterocycles. The molecule has 0 aromatic heterocycles. The second kappa shape index (κ2) is 5.87. The quantitative estimate of drug-likeness (QED) is 0.788. The van der Waals surface area contributed by atoms with Gasteiger partial charge in [-0.2, -0.15) is 5.26 Å². The summed E-state index contributed by atoms with van der Waals surface area (Å²) in [6.07, 6.45) is 5.50. The average molecular weight is 271 g/mol. The molecule has 108 valence electrons. The number of ether oxygens (including phenoxy) is 1. The molecule has 0 unspecified atom stereocenters. The van der Waals surface area contributed by atoms with E-state index in [4.69, 9.17) is 4.74 Å². The Labute approximate surface area is 122 Å². The number of nitriles is 1. The van der Waals surface area contributed by atoms with Gasteiger partial charge in [0.05, 0.1) is 11.5 Å². The van der Waals surface area contributed by atoms with Crippen LogP contribution in [0.3, 0.4) is 0 Å². The molecule has 0 bridgehead atoms. The second-order valence-electron chi connectivity index (χ2n) is 6.99. The van der Waals surface area contributed by atoms with Crippen molar-refractivity contribution in [2.45, 2.75) is 58.3 Å². The van der Waals surface area contributed by atoms with Crippen LogP contribution in [0.4, 0.5) is 0 Å². The zero-order valence-corrected chi connectivity index (χ0v) is 12.9. The SMILES string of the molecule is CC(C)(C)c1ccccc1OCC1(C#N)CCCCC1. The van der Waals surface area contributed by atoms with Crippen LogP contribution in [0.15, 0.2) is 24.3 Å². The number of para-hydroxylation sites is 1. The first-order valence-corrected chi connectivity index (χ1v) is 7.60. The van der Waals surface area contributed by atoms with Crippen LogP contribution in [0.5, 0.6) is 5.75 Å². The molecular weight excluding hydrogens is 246 g/mol. The van der Waals surface area contributed by atoms with Gasteiger partial charge in [0.15, 0.2) is 0 Å². The van der Waals surface area contributed by atoms with Crippen LogP contribution in [0.25, 0.3) is 0 Å². The maximum atomic E-state index is 9.52. The molecule has 0 aliphatic heterocycles. The monoisotopic (exact) mass is 271 g/mol. The van der Waals surface area contributed by atoms with E-state index in [2.05, 4.69) is 32.9 Å². The van der Waals surface area contributed by atoms with Crippen molar-refractivity contribution >= 4 is 0 Å². The molecule has 1 aliphatic carbocycles. The normalized spacial score (nSPS) is 18.3. The smallest absolute Gasteiger partial charge is 0.123 e. The van der Waals surface area contributed by atoms with E-state index in [0.717, 1.165) is 31.4 Å². The Morgan fingerprint density at radius 3 is 2.40 bits per heavy atom. The summed E-state index contributed by atoms with van der Waals surface area (Å²) >= 11 is 0. The van der Waals surface area contributed by atoms with E-state index in [1.807, 2.05) is 18.2 Å². The first kappa shape index (κ1) is 14.9. The molecule has 1 fully saturated rings. The van der Waals surface area contributed by atoms with E-state index in [9.17, 15) is 5.26 Å². The predicted molar refractivity (Wildman–Crippen MR) is 81.8 cm³/mol. The lowest BCUT2D eigenvalue weighted by Crippen LogP contribution is -2.30. The van der Waals surface area contributed by atoms with Gasteiger partial charge in [0.25, 0.3) is 0 Å². The lowest BCUT2D eigenvalue weighted by Gasteiger charge is -2.31. The Morgan fingerprint density at radius 2 is 1.80 bits per heavy atom. The molecule has 0 atom stereocenters. The molecule has 1 aromatic rings. The summed E-state index contributed by atoms with van der Waals surface area (Å²) in [7, 11) is 0. The zero-order valence-electron chi connectivity index (χ0n) is 12.9. The van der Waals surface area contributed by atoms with Gasteiger partial charge in [-0.3, -0.25) is 0 Å². The molecule has 0 spiro atoms. The van der Waals surface area contributed by atoms with Crippen molar-refractivity contribution in [1.82, 2.24) is 0 Å². The fraction of sp³-hybridized carbons (Fsp3) is 0.611. The highest BCUT2D eigenvalue weighted by atomic mass is 16.5. The maximum Gasteiger partial charge on any atom is 0.123 e. The van der Waals surface area contributed by atoms with Crippen molar-refractivity contribution in [3.63, 3.8) is 0 Å². The number of hydrogen-bond donors (Lipinski definition) is 0. The lowest BCUT2D eigenvalue weighted by molar-refractivity contribution is 0.148. The largest absolute Gasteiger partial charge is 0.492 e. The molecule has 0 amide bonds. The molecule has 1 aliphatic rings. The molecule has 0 N–H and O–H groups in total. The summed E-state index contributed by atoms with van der Waals surface area (Å²) in [5.41, 5.74) is 0.996. The minimum atomic E-state index is -0.275. The van der Waals surface area contributed by atoms with Crippen molar-refractivity contribution in [2.24, 2.45) is 5.41 Å². The van der Waals surface area contributed by atoms with Crippen LogP contribution >= 0.6 is 0 Å². The highest BCUT2D eigenvalue weighted by molar-refractivity contribution is 5.38. The number of hydrogen-bond acceptors (Lipinski definition) is 2. The van der Waals surface area contributed by atoms with E-state index < -0.39 is 0 Å². The number of benzene rings is 1. The molecule has 2 nitrogen and oxygen atoms in total. The van der Waals surface area contributed by atoms with Gasteiger partial charge in [0.1, 0.15) is 12.4 Å².